The summed E-state index contributed by atoms with van der Waals surface area (Å²) in [7, 11) is 4.92. The third-order valence-corrected chi connectivity index (χ3v) is 6.68. The molecule has 1 aliphatic rings. The maximum absolute atomic E-state index is 13.3. The van der Waals surface area contributed by atoms with Gasteiger partial charge in [0, 0.05) is 26.4 Å². The average molecular weight is 473 g/mol. The van der Waals surface area contributed by atoms with Crippen molar-refractivity contribution < 1.29 is 19.1 Å². The number of carbonyl (C=O) groups is 2. The highest BCUT2D eigenvalue weighted by atomic mass is 16.5. The minimum absolute atomic E-state index is 0.0136. The number of methoxy groups -OCH3 is 2. The summed E-state index contributed by atoms with van der Waals surface area (Å²) in [6.45, 7) is 2.65. The smallest absolute Gasteiger partial charge is 0.248 e. The maximum atomic E-state index is 13.3. The van der Waals surface area contributed by atoms with E-state index in [4.69, 9.17) is 9.47 Å². The summed E-state index contributed by atoms with van der Waals surface area (Å²) in [6, 6.07) is 21.9. The van der Waals surface area contributed by atoms with E-state index in [9.17, 15) is 9.59 Å². The number of hydrogen-bond donors (Lipinski definition) is 1. The van der Waals surface area contributed by atoms with E-state index in [1.165, 1.54) is 7.11 Å². The number of amides is 2. The van der Waals surface area contributed by atoms with E-state index < -0.39 is 5.41 Å². The SMILES string of the molecule is COCC(=O)N(C)Cc1ccc(-c2cc(NC(=O)C3(c4cccc(OC)c4)CC3)ccc2C)cc1. The van der Waals surface area contributed by atoms with Gasteiger partial charge in [-0.3, -0.25) is 9.59 Å². The molecule has 35 heavy (non-hydrogen) atoms. The van der Waals surface area contributed by atoms with Crippen molar-refractivity contribution in [1.29, 1.82) is 0 Å². The molecule has 4 rings (SSSR count). The normalized spacial score (nSPS) is 13.7. The van der Waals surface area contributed by atoms with Gasteiger partial charge in [-0.2, -0.15) is 0 Å². The molecular formula is C29H32N2O4. The predicted molar refractivity (Wildman–Crippen MR) is 138 cm³/mol. The fraction of sp³-hybridized carbons (Fsp3) is 0.310. The third-order valence-electron chi connectivity index (χ3n) is 6.68. The molecule has 1 saturated carbocycles. The number of likely N-dealkylation sites (N-methyl/N-ethyl adjacent to an activating group) is 1. The number of carbonyl (C=O) groups excluding carboxylic acids is 2. The molecule has 0 heterocycles. The minimum atomic E-state index is -0.493. The predicted octanol–water partition coefficient (Wildman–Crippen LogP) is 4.95. The zero-order valence-electron chi connectivity index (χ0n) is 20.8. The largest absolute Gasteiger partial charge is 0.497 e. The van der Waals surface area contributed by atoms with Crippen LogP contribution in [0.5, 0.6) is 5.75 Å². The molecule has 0 aromatic heterocycles. The van der Waals surface area contributed by atoms with E-state index in [0.29, 0.717) is 6.54 Å². The first kappa shape index (κ1) is 24.5. The van der Waals surface area contributed by atoms with Gasteiger partial charge in [0.25, 0.3) is 0 Å². The highest BCUT2D eigenvalue weighted by molar-refractivity contribution is 6.02. The molecule has 6 heteroatoms. The van der Waals surface area contributed by atoms with Crippen molar-refractivity contribution in [3.8, 4) is 16.9 Å². The Morgan fingerprint density at radius 1 is 1.00 bits per heavy atom. The third kappa shape index (κ3) is 5.38. The van der Waals surface area contributed by atoms with Gasteiger partial charge >= 0.3 is 0 Å². The lowest BCUT2D eigenvalue weighted by molar-refractivity contribution is -0.134. The Kier molecular flexibility index (Phi) is 7.22. The standard InChI is InChI=1S/C29H32N2O4/c1-20-8-13-24(30-28(33)29(14-15-29)23-6-5-7-25(16-23)35-4)17-26(20)22-11-9-21(10-12-22)18-31(2)27(32)19-34-3/h5-13,16-17H,14-15,18-19H2,1-4H3,(H,30,33). The number of aryl methyl sites for hydroxylation is 1. The Hall–Kier alpha value is -3.64. The van der Waals surface area contributed by atoms with Crippen molar-refractivity contribution >= 4 is 17.5 Å². The molecule has 1 fully saturated rings. The van der Waals surface area contributed by atoms with Gasteiger partial charge in [-0.05, 0) is 71.8 Å². The fourth-order valence-corrected chi connectivity index (χ4v) is 4.34. The Morgan fingerprint density at radius 3 is 2.40 bits per heavy atom. The van der Waals surface area contributed by atoms with Gasteiger partial charge in [-0.25, -0.2) is 0 Å². The molecular weight excluding hydrogens is 440 g/mol. The minimum Gasteiger partial charge on any atom is -0.497 e. The van der Waals surface area contributed by atoms with Crippen LogP contribution in [0.25, 0.3) is 11.1 Å². The fourth-order valence-electron chi connectivity index (χ4n) is 4.34. The van der Waals surface area contributed by atoms with Crippen LogP contribution in [0.3, 0.4) is 0 Å². The zero-order chi connectivity index (χ0) is 25.0. The maximum Gasteiger partial charge on any atom is 0.248 e. The first-order chi connectivity index (χ1) is 16.9. The number of benzene rings is 3. The Bertz CT molecular complexity index is 1220. The molecule has 0 spiro atoms. The van der Waals surface area contributed by atoms with Gasteiger partial charge < -0.3 is 19.7 Å². The quantitative estimate of drug-likeness (QED) is 0.479. The first-order valence-electron chi connectivity index (χ1n) is 11.7. The molecule has 1 N–H and O–H groups in total. The number of ether oxygens (including phenoxy) is 2. The Balaban J connectivity index is 1.49. The number of nitrogens with zero attached hydrogens (tertiary/aromatic N) is 1. The zero-order valence-corrected chi connectivity index (χ0v) is 20.8. The molecule has 0 radical (unpaired) electrons. The molecule has 6 nitrogen and oxygen atoms in total. The van der Waals surface area contributed by atoms with Gasteiger partial charge in [0.2, 0.25) is 11.8 Å². The lowest BCUT2D eigenvalue weighted by Gasteiger charge is -2.18. The summed E-state index contributed by atoms with van der Waals surface area (Å²) < 4.78 is 10.3. The first-order valence-corrected chi connectivity index (χ1v) is 11.7. The second-order valence-corrected chi connectivity index (χ2v) is 9.18. The number of hydrogen-bond acceptors (Lipinski definition) is 4. The molecule has 2 amide bonds. The van der Waals surface area contributed by atoms with Crippen LogP contribution < -0.4 is 10.1 Å². The lowest BCUT2D eigenvalue weighted by Crippen LogP contribution is -2.29. The van der Waals surface area contributed by atoms with Crippen LogP contribution in [0, 0.1) is 6.92 Å². The highest BCUT2D eigenvalue weighted by Crippen LogP contribution is 2.49. The van der Waals surface area contributed by atoms with Crippen molar-refractivity contribution in [3.05, 3.63) is 83.4 Å². The van der Waals surface area contributed by atoms with Crippen LogP contribution in [-0.2, 0) is 26.3 Å². The summed E-state index contributed by atoms with van der Waals surface area (Å²) in [4.78, 5) is 26.9. The van der Waals surface area contributed by atoms with Crippen molar-refractivity contribution in [2.24, 2.45) is 0 Å². The number of rotatable bonds is 9. The van der Waals surface area contributed by atoms with E-state index in [-0.39, 0.29) is 18.4 Å². The molecule has 0 saturated heterocycles. The lowest BCUT2D eigenvalue weighted by atomic mass is 9.94. The number of nitrogens with one attached hydrogen (secondary N) is 1. The van der Waals surface area contributed by atoms with Crippen LogP contribution in [0.2, 0.25) is 0 Å². The Morgan fingerprint density at radius 2 is 1.74 bits per heavy atom. The molecule has 3 aromatic rings. The van der Waals surface area contributed by atoms with Gasteiger partial charge in [0.05, 0.1) is 12.5 Å². The van der Waals surface area contributed by atoms with Crippen molar-refractivity contribution in [1.82, 2.24) is 4.90 Å². The second-order valence-electron chi connectivity index (χ2n) is 9.18. The van der Waals surface area contributed by atoms with Crippen LogP contribution in [0.15, 0.2) is 66.7 Å². The van der Waals surface area contributed by atoms with E-state index in [1.54, 1.807) is 19.1 Å². The molecule has 0 aliphatic heterocycles. The van der Waals surface area contributed by atoms with E-state index in [1.807, 2.05) is 54.6 Å². The molecule has 0 bridgehead atoms. The second kappa shape index (κ2) is 10.3. The average Bonchev–Trinajstić information content (AvgIpc) is 3.68. The number of anilines is 1. The van der Waals surface area contributed by atoms with E-state index in [2.05, 4.69) is 24.4 Å². The molecule has 1 aliphatic carbocycles. The van der Waals surface area contributed by atoms with Crippen LogP contribution in [0.4, 0.5) is 5.69 Å². The van der Waals surface area contributed by atoms with Crippen molar-refractivity contribution in [2.75, 3.05) is 33.2 Å². The molecule has 0 unspecified atom stereocenters. The van der Waals surface area contributed by atoms with Crippen LogP contribution >= 0.6 is 0 Å². The van der Waals surface area contributed by atoms with E-state index in [0.717, 1.165) is 52.1 Å². The van der Waals surface area contributed by atoms with Crippen LogP contribution in [0.1, 0.15) is 29.5 Å². The summed E-state index contributed by atoms with van der Waals surface area (Å²) in [6.07, 6.45) is 1.65. The van der Waals surface area contributed by atoms with Gasteiger partial charge in [0.15, 0.2) is 0 Å². The topological polar surface area (TPSA) is 67.9 Å². The molecule has 3 aromatic carbocycles. The van der Waals surface area contributed by atoms with Crippen molar-refractivity contribution in [3.63, 3.8) is 0 Å². The summed E-state index contributed by atoms with van der Waals surface area (Å²) in [5.74, 6) is 0.717. The summed E-state index contributed by atoms with van der Waals surface area (Å²) in [5, 5.41) is 3.14. The Labute approximate surface area is 206 Å². The monoisotopic (exact) mass is 472 g/mol. The van der Waals surface area contributed by atoms with Gasteiger partial charge in [-0.15, -0.1) is 0 Å². The van der Waals surface area contributed by atoms with Gasteiger partial charge in [0.1, 0.15) is 12.4 Å². The van der Waals surface area contributed by atoms with Gasteiger partial charge in [-0.1, -0.05) is 42.5 Å². The van der Waals surface area contributed by atoms with Crippen LogP contribution in [-0.4, -0.2) is 44.6 Å². The molecule has 182 valence electrons. The molecule has 0 atom stereocenters. The van der Waals surface area contributed by atoms with E-state index >= 15 is 0 Å². The van der Waals surface area contributed by atoms with Crippen molar-refractivity contribution in [2.45, 2.75) is 31.7 Å². The summed E-state index contributed by atoms with van der Waals surface area (Å²) >= 11 is 0. The summed E-state index contributed by atoms with van der Waals surface area (Å²) in [5.41, 5.74) is 5.55. The highest BCUT2D eigenvalue weighted by Gasteiger charge is 2.51.